The Morgan fingerprint density at radius 3 is 3.00 bits per heavy atom. The fraction of sp³-hybridized carbons (Fsp3) is 0.556. The molecule has 0 bridgehead atoms. The number of aromatic nitrogens is 2. The molecule has 2 rings (SSSR count). The number of allylic oxidation sites excluding steroid dienone is 1. The van der Waals surface area contributed by atoms with Gasteiger partial charge in [0.25, 0.3) is 0 Å². The summed E-state index contributed by atoms with van der Waals surface area (Å²) in [4.78, 5) is 0. The maximum atomic E-state index is 5.23. The van der Waals surface area contributed by atoms with Crippen LogP contribution in [0.1, 0.15) is 25.2 Å². The number of aryl methyl sites for hydroxylation is 1. The summed E-state index contributed by atoms with van der Waals surface area (Å²) in [7, 11) is 0. The minimum Gasteiger partial charge on any atom is -0.408 e. The third-order valence-corrected chi connectivity index (χ3v) is 2.12. The first kappa shape index (κ1) is 8.29. The molecule has 0 radical (unpaired) electrons. The molecule has 0 aromatic carbocycles. The zero-order chi connectivity index (χ0) is 9.10. The van der Waals surface area contributed by atoms with Crippen molar-refractivity contribution in [3.05, 3.63) is 18.0 Å². The molecule has 0 spiro atoms. The molecule has 1 aromatic rings. The monoisotopic (exact) mass is 179 g/mol. The van der Waals surface area contributed by atoms with Gasteiger partial charge in [-0.05, 0) is 19.3 Å². The average Bonchev–Trinajstić information content (AvgIpc) is 2.53. The van der Waals surface area contributed by atoms with E-state index in [0.717, 1.165) is 19.3 Å². The molecule has 1 unspecified atom stereocenters. The number of hydrogen-bond acceptors (Lipinski definition) is 4. The van der Waals surface area contributed by atoms with Crippen LogP contribution in [0.25, 0.3) is 0 Å². The van der Waals surface area contributed by atoms with Gasteiger partial charge in [-0.1, -0.05) is 17.3 Å². The minimum atomic E-state index is 0.449. The zero-order valence-electron chi connectivity index (χ0n) is 7.66. The Labute approximate surface area is 77.0 Å². The first-order chi connectivity index (χ1) is 6.34. The summed E-state index contributed by atoms with van der Waals surface area (Å²) in [5.41, 5.74) is 0. The summed E-state index contributed by atoms with van der Waals surface area (Å²) in [6.45, 7) is 1.79. The second-order valence-corrected chi connectivity index (χ2v) is 3.25. The highest BCUT2D eigenvalue weighted by Gasteiger charge is 2.11. The van der Waals surface area contributed by atoms with E-state index in [1.54, 1.807) is 6.92 Å². The van der Waals surface area contributed by atoms with E-state index in [0.29, 0.717) is 17.9 Å². The van der Waals surface area contributed by atoms with Gasteiger partial charge >= 0.3 is 6.01 Å². The molecule has 4 nitrogen and oxygen atoms in total. The summed E-state index contributed by atoms with van der Waals surface area (Å²) >= 11 is 0. The van der Waals surface area contributed by atoms with Gasteiger partial charge in [-0.15, -0.1) is 5.10 Å². The molecule has 13 heavy (non-hydrogen) atoms. The molecule has 4 heteroatoms. The minimum absolute atomic E-state index is 0.449. The van der Waals surface area contributed by atoms with Crippen molar-refractivity contribution in [2.24, 2.45) is 0 Å². The molecule has 0 aliphatic heterocycles. The number of anilines is 1. The molecular formula is C9H13N3O. The Morgan fingerprint density at radius 1 is 1.46 bits per heavy atom. The second kappa shape index (κ2) is 3.60. The Morgan fingerprint density at radius 2 is 2.38 bits per heavy atom. The van der Waals surface area contributed by atoms with Crippen molar-refractivity contribution in [3.63, 3.8) is 0 Å². The van der Waals surface area contributed by atoms with E-state index in [1.165, 1.54) is 0 Å². The summed E-state index contributed by atoms with van der Waals surface area (Å²) in [6, 6.07) is 0.989. The first-order valence-electron chi connectivity index (χ1n) is 4.56. The maximum Gasteiger partial charge on any atom is 0.315 e. The van der Waals surface area contributed by atoms with Crippen molar-refractivity contribution in [3.8, 4) is 0 Å². The predicted octanol–water partition coefficient (Wildman–Crippen LogP) is 1.90. The number of nitrogens with zero attached hydrogens (tertiary/aromatic N) is 2. The summed E-state index contributed by atoms with van der Waals surface area (Å²) in [5.74, 6) is 0.605. The summed E-state index contributed by atoms with van der Waals surface area (Å²) in [6.07, 6.45) is 7.70. The van der Waals surface area contributed by atoms with Gasteiger partial charge in [-0.3, -0.25) is 0 Å². The van der Waals surface area contributed by atoms with Gasteiger partial charge in [0.15, 0.2) is 0 Å². The molecule has 0 saturated carbocycles. The topological polar surface area (TPSA) is 51.0 Å². The van der Waals surface area contributed by atoms with Gasteiger partial charge in [0.05, 0.1) is 0 Å². The van der Waals surface area contributed by atoms with Crippen LogP contribution < -0.4 is 5.32 Å². The number of hydrogen-bond donors (Lipinski definition) is 1. The molecule has 1 heterocycles. The van der Waals surface area contributed by atoms with Crippen LogP contribution in [0.15, 0.2) is 16.6 Å². The van der Waals surface area contributed by atoms with Crippen molar-refractivity contribution in [1.29, 1.82) is 0 Å². The van der Waals surface area contributed by atoms with Crippen molar-refractivity contribution < 1.29 is 4.42 Å². The lowest BCUT2D eigenvalue weighted by atomic mass is 10.0. The lowest BCUT2D eigenvalue weighted by Gasteiger charge is -2.17. The third kappa shape index (κ3) is 2.08. The van der Waals surface area contributed by atoms with Gasteiger partial charge < -0.3 is 9.73 Å². The standard InChI is InChI=1S/C9H13N3O/c1-7-11-12-9(13-7)10-8-5-3-2-4-6-8/h2-3,8H,4-6H2,1H3,(H,10,12). The van der Waals surface area contributed by atoms with Crippen molar-refractivity contribution in [2.75, 3.05) is 5.32 Å². The highest BCUT2D eigenvalue weighted by atomic mass is 16.4. The normalized spacial score (nSPS) is 21.8. The van der Waals surface area contributed by atoms with Crippen LogP contribution in [0.2, 0.25) is 0 Å². The molecule has 1 aliphatic rings. The van der Waals surface area contributed by atoms with E-state index >= 15 is 0 Å². The highest BCUT2D eigenvalue weighted by molar-refractivity contribution is 5.20. The van der Waals surface area contributed by atoms with Crippen LogP contribution >= 0.6 is 0 Å². The van der Waals surface area contributed by atoms with Gasteiger partial charge in [-0.25, -0.2) is 0 Å². The van der Waals surface area contributed by atoms with Crippen LogP contribution in [0.3, 0.4) is 0 Å². The van der Waals surface area contributed by atoms with Crippen LogP contribution in [-0.2, 0) is 0 Å². The zero-order valence-corrected chi connectivity index (χ0v) is 7.66. The average molecular weight is 179 g/mol. The summed E-state index contributed by atoms with van der Waals surface area (Å²) in [5, 5.41) is 10.9. The van der Waals surface area contributed by atoms with E-state index in [4.69, 9.17) is 4.42 Å². The first-order valence-corrected chi connectivity index (χ1v) is 4.56. The Kier molecular flexibility index (Phi) is 2.29. The van der Waals surface area contributed by atoms with E-state index < -0.39 is 0 Å². The fourth-order valence-corrected chi connectivity index (χ4v) is 1.45. The van der Waals surface area contributed by atoms with Crippen LogP contribution in [-0.4, -0.2) is 16.2 Å². The van der Waals surface area contributed by atoms with E-state index in [2.05, 4.69) is 27.7 Å². The Balaban J connectivity index is 1.94. The maximum absolute atomic E-state index is 5.23. The predicted molar refractivity (Wildman–Crippen MR) is 49.4 cm³/mol. The molecule has 1 aliphatic carbocycles. The van der Waals surface area contributed by atoms with Crippen molar-refractivity contribution in [2.45, 2.75) is 32.2 Å². The molecule has 70 valence electrons. The molecule has 1 aromatic heterocycles. The fourth-order valence-electron chi connectivity index (χ4n) is 1.45. The van der Waals surface area contributed by atoms with E-state index in [9.17, 15) is 0 Å². The molecule has 0 amide bonds. The summed E-state index contributed by atoms with van der Waals surface area (Å²) < 4.78 is 5.23. The van der Waals surface area contributed by atoms with Crippen LogP contribution in [0.5, 0.6) is 0 Å². The van der Waals surface area contributed by atoms with E-state index in [-0.39, 0.29) is 0 Å². The second-order valence-electron chi connectivity index (χ2n) is 3.25. The Hall–Kier alpha value is -1.32. The van der Waals surface area contributed by atoms with Gasteiger partial charge in [0, 0.05) is 13.0 Å². The highest BCUT2D eigenvalue weighted by Crippen LogP contribution is 2.15. The van der Waals surface area contributed by atoms with E-state index in [1.807, 2.05) is 0 Å². The number of nitrogens with one attached hydrogen (secondary N) is 1. The molecule has 0 fully saturated rings. The van der Waals surface area contributed by atoms with Crippen LogP contribution in [0.4, 0.5) is 6.01 Å². The molecule has 1 N–H and O–H groups in total. The van der Waals surface area contributed by atoms with Crippen molar-refractivity contribution in [1.82, 2.24) is 10.2 Å². The smallest absolute Gasteiger partial charge is 0.315 e. The molecule has 0 saturated heterocycles. The van der Waals surface area contributed by atoms with Gasteiger partial charge in [0.2, 0.25) is 5.89 Å². The molecule has 1 atom stereocenters. The lowest BCUT2D eigenvalue weighted by Crippen LogP contribution is -2.20. The van der Waals surface area contributed by atoms with Gasteiger partial charge in [0.1, 0.15) is 0 Å². The lowest BCUT2D eigenvalue weighted by molar-refractivity contribution is 0.514. The van der Waals surface area contributed by atoms with Gasteiger partial charge in [-0.2, -0.15) is 0 Å². The Bertz CT molecular complexity index is 306. The largest absolute Gasteiger partial charge is 0.408 e. The number of rotatable bonds is 2. The molecular weight excluding hydrogens is 166 g/mol. The SMILES string of the molecule is Cc1nnc(NC2CC=CCC2)o1. The van der Waals surface area contributed by atoms with Crippen LogP contribution in [0, 0.1) is 6.92 Å². The van der Waals surface area contributed by atoms with Crippen molar-refractivity contribution >= 4 is 6.01 Å². The quantitative estimate of drug-likeness (QED) is 0.704. The third-order valence-electron chi connectivity index (χ3n) is 2.12.